The predicted molar refractivity (Wildman–Crippen MR) is 80.6 cm³/mol. The maximum atomic E-state index is 11.7. The molecular formula is C15H24N4O. The van der Waals surface area contributed by atoms with E-state index in [1.807, 2.05) is 12.3 Å². The average molecular weight is 276 g/mol. The topological polar surface area (TPSA) is 57.3 Å². The fraction of sp³-hybridized carbons (Fsp3) is 0.600. The van der Waals surface area contributed by atoms with Gasteiger partial charge in [0.15, 0.2) is 0 Å². The molecule has 5 nitrogen and oxygen atoms in total. The summed E-state index contributed by atoms with van der Waals surface area (Å²) in [5.41, 5.74) is 1.23. The molecule has 5 heteroatoms. The van der Waals surface area contributed by atoms with Gasteiger partial charge in [-0.25, -0.2) is 4.98 Å². The van der Waals surface area contributed by atoms with E-state index in [1.165, 1.54) is 5.56 Å². The zero-order chi connectivity index (χ0) is 14.4. The number of hydrogen-bond acceptors (Lipinski definition) is 4. The van der Waals surface area contributed by atoms with Gasteiger partial charge in [0.05, 0.1) is 0 Å². The summed E-state index contributed by atoms with van der Waals surface area (Å²) < 4.78 is 0. The molecule has 0 bridgehead atoms. The fourth-order valence-corrected chi connectivity index (χ4v) is 2.67. The highest BCUT2D eigenvalue weighted by Gasteiger charge is 2.25. The molecular weight excluding hydrogens is 252 g/mol. The Morgan fingerprint density at radius 1 is 1.45 bits per heavy atom. The van der Waals surface area contributed by atoms with Gasteiger partial charge in [0.25, 0.3) is 0 Å². The van der Waals surface area contributed by atoms with Gasteiger partial charge in [-0.2, -0.15) is 0 Å². The molecule has 1 aliphatic heterocycles. The van der Waals surface area contributed by atoms with Crippen molar-refractivity contribution in [3.63, 3.8) is 0 Å². The highest BCUT2D eigenvalue weighted by Crippen LogP contribution is 2.24. The standard InChI is InChI=1S/C15H24N4O/c1-3-17-11-13-5-4-8-18-14(13)19-9-6-12(7-10-19)15(20)16-2/h4-5,8,12,17H,3,6-7,9-11H2,1-2H3,(H,16,20). The van der Waals surface area contributed by atoms with Crippen molar-refractivity contribution in [2.75, 3.05) is 31.6 Å². The maximum Gasteiger partial charge on any atom is 0.222 e. The molecule has 2 N–H and O–H groups in total. The van der Waals surface area contributed by atoms with Gasteiger partial charge < -0.3 is 15.5 Å². The Bertz CT molecular complexity index is 441. The number of hydrogen-bond donors (Lipinski definition) is 2. The number of nitrogens with one attached hydrogen (secondary N) is 2. The van der Waals surface area contributed by atoms with Crippen LogP contribution in [0.2, 0.25) is 0 Å². The van der Waals surface area contributed by atoms with Gasteiger partial charge in [-0.05, 0) is 25.5 Å². The Balaban J connectivity index is 2.01. The quantitative estimate of drug-likeness (QED) is 0.847. The largest absolute Gasteiger partial charge is 0.359 e. The second kappa shape index (κ2) is 7.24. The van der Waals surface area contributed by atoms with Crippen LogP contribution in [0.4, 0.5) is 5.82 Å². The second-order valence-corrected chi connectivity index (χ2v) is 5.14. The Hall–Kier alpha value is -1.62. The van der Waals surface area contributed by atoms with Crippen molar-refractivity contribution in [2.45, 2.75) is 26.3 Å². The van der Waals surface area contributed by atoms with E-state index in [0.717, 1.165) is 44.8 Å². The minimum atomic E-state index is 0.150. The normalized spacial score (nSPS) is 16.2. The number of amides is 1. The van der Waals surface area contributed by atoms with Crippen LogP contribution in [-0.2, 0) is 11.3 Å². The highest BCUT2D eigenvalue weighted by molar-refractivity contribution is 5.78. The molecule has 1 fully saturated rings. The molecule has 2 heterocycles. The van der Waals surface area contributed by atoms with E-state index >= 15 is 0 Å². The predicted octanol–water partition coefficient (Wildman–Crippen LogP) is 1.15. The van der Waals surface area contributed by atoms with Gasteiger partial charge in [0, 0.05) is 44.4 Å². The Labute approximate surface area is 120 Å². The zero-order valence-electron chi connectivity index (χ0n) is 12.4. The summed E-state index contributed by atoms with van der Waals surface area (Å²) in [6.07, 6.45) is 3.64. The van der Waals surface area contributed by atoms with E-state index < -0.39 is 0 Å². The maximum absolute atomic E-state index is 11.7. The van der Waals surface area contributed by atoms with E-state index in [2.05, 4.69) is 33.5 Å². The van der Waals surface area contributed by atoms with E-state index in [0.29, 0.717) is 0 Å². The van der Waals surface area contributed by atoms with E-state index in [-0.39, 0.29) is 11.8 Å². The number of anilines is 1. The first-order valence-electron chi connectivity index (χ1n) is 7.37. The van der Waals surface area contributed by atoms with Crippen LogP contribution in [0, 0.1) is 5.92 Å². The van der Waals surface area contributed by atoms with Gasteiger partial charge in [-0.3, -0.25) is 4.79 Å². The third-order valence-corrected chi connectivity index (χ3v) is 3.84. The molecule has 0 radical (unpaired) electrons. The lowest BCUT2D eigenvalue weighted by Gasteiger charge is -2.33. The number of rotatable bonds is 5. The van der Waals surface area contributed by atoms with Crippen LogP contribution in [0.3, 0.4) is 0 Å². The van der Waals surface area contributed by atoms with Crippen molar-refractivity contribution in [3.05, 3.63) is 23.9 Å². The molecule has 0 spiro atoms. The van der Waals surface area contributed by atoms with E-state index in [1.54, 1.807) is 7.05 Å². The first kappa shape index (κ1) is 14.8. The van der Waals surface area contributed by atoms with Crippen molar-refractivity contribution in [1.29, 1.82) is 0 Å². The van der Waals surface area contributed by atoms with Crippen LogP contribution in [0.15, 0.2) is 18.3 Å². The van der Waals surface area contributed by atoms with E-state index in [9.17, 15) is 4.79 Å². The summed E-state index contributed by atoms with van der Waals surface area (Å²) in [5, 5.41) is 6.09. The number of pyridine rings is 1. The van der Waals surface area contributed by atoms with Gasteiger partial charge in [0.2, 0.25) is 5.91 Å². The van der Waals surface area contributed by atoms with Gasteiger partial charge in [0.1, 0.15) is 5.82 Å². The number of nitrogens with zero attached hydrogens (tertiary/aromatic N) is 2. The highest BCUT2D eigenvalue weighted by atomic mass is 16.1. The minimum absolute atomic E-state index is 0.150. The molecule has 0 aliphatic carbocycles. The lowest BCUT2D eigenvalue weighted by Crippen LogP contribution is -2.40. The van der Waals surface area contributed by atoms with Gasteiger partial charge in [-0.1, -0.05) is 13.0 Å². The number of carbonyl (C=O) groups is 1. The SMILES string of the molecule is CCNCc1cccnc1N1CCC(C(=O)NC)CC1. The number of aromatic nitrogens is 1. The lowest BCUT2D eigenvalue weighted by molar-refractivity contribution is -0.125. The summed E-state index contributed by atoms with van der Waals surface area (Å²) >= 11 is 0. The van der Waals surface area contributed by atoms with Crippen LogP contribution < -0.4 is 15.5 Å². The van der Waals surface area contributed by atoms with Crippen molar-refractivity contribution < 1.29 is 4.79 Å². The summed E-state index contributed by atoms with van der Waals surface area (Å²) in [4.78, 5) is 18.5. The van der Waals surface area contributed by atoms with E-state index in [4.69, 9.17) is 0 Å². The molecule has 1 aliphatic rings. The number of piperidine rings is 1. The second-order valence-electron chi connectivity index (χ2n) is 5.14. The molecule has 1 aromatic rings. The summed E-state index contributed by atoms with van der Waals surface area (Å²) in [6.45, 7) is 5.69. The molecule has 0 atom stereocenters. The van der Waals surface area contributed by atoms with Gasteiger partial charge in [-0.15, -0.1) is 0 Å². The fourth-order valence-electron chi connectivity index (χ4n) is 2.67. The Morgan fingerprint density at radius 3 is 2.85 bits per heavy atom. The molecule has 0 unspecified atom stereocenters. The molecule has 1 aromatic heterocycles. The molecule has 1 amide bonds. The minimum Gasteiger partial charge on any atom is -0.359 e. The molecule has 20 heavy (non-hydrogen) atoms. The molecule has 0 saturated carbocycles. The van der Waals surface area contributed by atoms with Crippen LogP contribution in [0.25, 0.3) is 0 Å². The van der Waals surface area contributed by atoms with Crippen LogP contribution in [-0.4, -0.2) is 37.6 Å². The summed E-state index contributed by atoms with van der Waals surface area (Å²) in [6, 6.07) is 4.10. The summed E-state index contributed by atoms with van der Waals surface area (Å²) in [7, 11) is 1.71. The first-order valence-corrected chi connectivity index (χ1v) is 7.37. The molecule has 110 valence electrons. The van der Waals surface area contributed by atoms with Crippen LogP contribution in [0.1, 0.15) is 25.3 Å². The monoisotopic (exact) mass is 276 g/mol. The van der Waals surface area contributed by atoms with Crippen LogP contribution in [0.5, 0.6) is 0 Å². The van der Waals surface area contributed by atoms with Crippen molar-refractivity contribution in [3.8, 4) is 0 Å². The van der Waals surface area contributed by atoms with Crippen molar-refractivity contribution in [1.82, 2.24) is 15.6 Å². The average Bonchev–Trinajstić information content (AvgIpc) is 2.52. The lowest BCUT2D eigenvalue weighted by atomic mass is 9.95. The molecule has 0 aromatic carbocycles. The third-order valence-electron chi connectivity index (χ3n) is 3.84. The number of carbonyl (C=O) groups excluding carboxylic acids is 1. The molecule has 2 rings (SSSR count). The van der Waals surface area contributed by atoms with Crippen LogP contribution >= 0.6 is 0 Å². The zero-order valence-corrected chi connectivity index (χ0v) is 12.4. The smallest absolute Gasteiger partial charge is 0.222 e. The third kappa shape index (κ3) is 3.48. The van der Waals surface area contributed by atoms with Crippen molar-refractivity contribution in [2.24, 2.45) is 5.92 Å². The Morgan fingerprint density at radius 2 is 2.20 bits per heavy atom. The van der Waals surface area contributed by atoms with Gasteiger partial charge >= 0.3 is 0 Å². The summed E-state index contributed by atoms with van der Waals surface area (Å²) in [5.74, 6) is 1.37. The molecule has 1 saturated heterocycles. The first-order chi connectivity index (χ1) is 9.76. The van der Waals surface area contributed by atoms with Crippen molar-refractivity contribution >= 4 is 11.7 Å². The Kier molecular flexibility index (Phi) is 5.35.